The third-order valence-corrected chi connectivity index (χ3v) is 4.43. The number of nitrogens with zero attached hydrogens (tertiary/aromatic N) is 6. The van der Waals surface area contributed by atoms with E-state index < -0.39 is 0 Å². The predicted molar refractivity (Wildman–Crippen MR) is 119 cm³/mol. The number of guanidine groups is 1. The molecule has 0 aliphatic heterocycles. The van der Waals surface area contributed by atoms with Gasteiger partial charge in [0.15, 0.2) is 11.8 Å². The quantitative estimate of drug-likeness (QED) is 0.258. The summed E-state index contributed by atoms with van der Waals surface area (Å²) >= 11 is 0. The summed E-state index contributed by atoms with van der Waals surface area (Å²) in [5, 5.41) is 19.5. The molecule has 8 nitrogen and oxygen atoms in total. The Hall–Kier alpha value is -1.91. The molecular weight excluding hydrogens is 455 g/mol. The maximum Gasteiger partial charge on any atom is 0.192 e. The number of rotatable bonds is 8. The molecule has 150 valence electrons. The SMILES string of the molecule is C=CCNC(=NCc1c(CC)nn(C)c1CC)NCc1nnc(C)n1C.I. The Morgan fingerprint density at radius 2 is 1.93 bits per heavy atom. The molecule has 0 unspecified atom stereocenters. The summed E-state index contributed by atoms with van der Waals surface area (Å²) in [6.45, 7) is 11.7. The molecule has 2 aromatic rings. The van der Waals surface area contributed by atoms with E-state index >= 15 is 0 Å². The fourth-order valence-corrected chi connectivity index (χ4v) is 2.84. The van der Waals surface area contributed by atoms with Crippen LogP contribution in [-0.2, 0) is 40.0 Å². The van der Waals surface area contributed by atoms with E-state index in [0.717, 1.165) is 36.1 Å². The maximum absolute atomic E-state index is 4.75. The normalized spacial score (nSPS) is 11.2. The smallest absolute Gasteiger partial charge is 0.192 e. The number of nitrogens with one attached hydrogen (secondary N) is 2. The summed E-state index contributed by atoms with van der Waals surface area (Å²) in [6.07, 6.45) is 3.65. The summed E-state index contributed by atoms with van der Waals surface area (Å²) in [5.74, 6) is 2.47. The lowest BCUT2D eigenvalue weighted by Crippen LogP contribution is -2.37. The predicted octanol–water partition coefficient (Wildman–Crippen LogP) is 2.02. The molecule has 0 aliphatic rings. The van der Waals surface area contributed by atoms with Crippen LogP contribution in [0.15, 0.2) is 17.6 Å². The molecule has 0 saturated carbocycles. The van der Waals surface area contributed by atoms with Crippen molar-refractivity contribution < 1.29 is 0 Å². The number of halogens is 1. The average Bonchev–Trinajstić information content (AvgIpc) is 3.13. The second-order valence-electron chi connectivity index (χ2n) is 6.11. The lowest BCUT2D eigenvalue weighted by Gasteiger charge is -2.11. The molecule has 0 atom stereocenters. The van der Waals surface area contributed by atoms with Crippen LogP contribution in [0.2, 0.25) is 0 Å². The van der Waals surface area contributed by atoms with Gasteiger partial charge in [-0.3, -0.25) is 4.68 Å². The van der Waals surface area contributed by atoms with E-state index in [1.807, 2.05) is 36.3 Å². The minimum absolute atomic E-state index is 0. The van der Waals surface area contributed by atoms with Crippen molar-refractivity contribution >= 4 is 29.9 Å². The summed E-state index contributed by atoms with van der Waals surface area (Å²) in [7, 11) is 3.95. The molecule has 9 heteroatoms. The minimum atomic E-state index is 0. The van der Waals surface area contributed by atoms with Crippen LogP contribution in [0.3, 0.4) is 0 Å². The van der Waals surface area contributed by atoms with Crippen LogP contribution in [-0.4, -0.2) is 37.0 Å². The maximum atomic E-state index is 4.75. The second-order valence-corrected chi connectivity index (χ2v) is 6.11. The zero-order chi connectivity index (χ0) is 19.1. The highest BCUT2D eigenvalue weighted by Crippen LogP contribution is 2.16. The van der Waals surface area contributed by atoms with E-state index in [-0.39, 0.29) is 24.0 Å². The molecule has 0 aliphatic carbocycles. The number of hydrogen-bond acceptors (Lipinski definition) is 4. The summed E-state index contributed by atoms with van der Waals surface area (Å²) in [4.78, 5) is 4.75. The van der Waals surface area contributed by atoms with Crippen LogP contribution in [0.5, 0.6) is 0 Å². The zero-order valence-corrected chi connectivity index (χ0v) is 19.2. The van der Waals surface area contributed by atoms with Crippen molar-refractivity contribution in [3.8, 4) is 0 Å². The molecule has 0 bridgehead atoms. The number of aromatic nitrogens is 5. The zero-order valence-electron chi connectivity index (χ0n) is 16.9. The van der Waals surface area contributed by atoms with Gasteiger partial charge >= 0.3 is 0 Å². The van der Waals surface area contributed by atoms with E-state index in [1.165, 1.54) is 11.3 Å². The van der Waals surface area contributed by atoms with E-state index in [1.54, 1.807) is 0 Å². The molecular formula is C18H31IN8. The van der Waals surface area contributed by atoms with Crippen LogP contribution in [0.1, 0.15) is 42.4 Å². The first kappa shape index (κ1) is 23.1. The molecule has 0 radical (unpaired) electrons. The van der Waals surface area contributed by atoms with Crippen LogP contribution in [0.4, 0.5) is 0 Å². The highest BCUT2D eigenvalue weighted by molar-refractivity contribution is 14.0. The first-order valence-electron chi connectivity index (χ1n) is 9.03. The van der Waals surface area contributed by atoms with Gasteiger partial charge in [-0.25, -0.2) is 4.99 Å². The lowest BCUT2D eigenvalue weighted by molar-refractivity contribution is 0.703. The van der Waals surface area contributed by atoms with Gasteiger partial charge < -0.3 is 15.2 Å². The largest absolute Gasteiger partial charge is 0.353 e. The van der Waals surface area contributed by atoms with Crippen LogP contribution in [0.25, 0.3) is 0 Å². The third-order valence-electron chi connectivity index (χ3n) is 4.43. The molecule has 0 fully saturated rings. The van der Waals surface area contributed by atoms with E-state index in [2.05, 4.69) is 46.4 Å². The topological polar surface area (TPSA) is 84.9 Å². The van der Waals surface area contributed by atoms with Crippen molar-refractivity contribution in [1.29, 1.82) is 0 Å². The van der Waals surface area contributed by atoms with Gasteiger partial charge in [0.1, 0.15) is 5.82 Å². The minimum Gasteiger partial charge on any atom is -0.353 e. The number of hydrogen-bond donors (Lipinski definition) is 2. The fourth-order valence-electron chi connectivity index (χ4n) is 2.84. The van der Waals surface area contributed by atoms with Crippen molar-refractivity contribution in [3.63, 3.8) is 0 Å². The molecule has 0 amide bonds. The Morgan fingerprint density at radius 3 is 2.48 bits per heavy atom. The van der Waals surface area contributed by atoms with Gasteiger partial charge in [-0.2, -0.15) is 5.10 Å². The number of aliphatic imine (C=N–C) groups is 1. The van der Waals surface area contributed by atoms with E-state index in [0.29, 0.717) is 19.6 Å². The van der Waals surface area contributed by atoms with Crippen molar-refractivity contribution in [3.05, 3.63) is 41.3 Å². The highest BCUT2D eigenvalue weighted by Gasteiger charge is 2.13. The molecule has 2 aromatic heterocycles. The van der Waals surface area contributed by atoms with Gasteiger partial charge in [-0.1, -0.05) is 19.9 Å². The van der Waals surface area contributed by atoms with Crippen LogP contribution >= 0.6 is 24.0 Å². The highest BCUT2D eigenvalue weighted by atomic mass is 127. The Labute approximate surface area is 178 Å². The second kappa shape index (κ2) is 11.1. The van der Waals surface area contributed by atoms with Crippen molar-refractivity contribution in [2.75, 3.05) is 6.54 Å². The first-order valence-corrected chi connectivity index (χ1v) is 9.03. The van der Waals surface area contributed by atoms with E-state index in [9.17, 15) is 0 Å². The molecule has 2 heterocycles. The van der Waals surface area contributed by atoms with Gasteiger partial charge in [0.2, 0.25) is 0 Å². The molecule has 0 spiro atoms. The first-order chi connectivity index (χ1) is 12.5. The van der Waals surface area contributed by atoms with Gasteiger partial charge in [0, 0.05) is 31.9 Å². The Bertz CT molecular complexity index is 775. The van der Waals surface area contributed by atoms with Crippen molar-refractivity contribution in [2.45, 2.75) is 46.7 Å². The Balaban J connectivity index is 0.00000364. The average molecular weight is 486 g/mol. The van der Waals surface area contributed by atoms with Crippen molar-refractivity contribution in [1.82, 2.24) is 35.2 Å². The van der Waals surface area contributed by atoms with Crippen LogP contribution in [0, 0.1) is 6.92 Å². The monoisotopic (exact) mass is 486 g/mol. The summed E-state index contributed by atoms with van der Waals surface area (Å²) < 4.78 is 3.93. The van der Waals surface area contributed by atoms with Gasteiger partial charge in [-0.15, -0.1) is 40.8 Å². The lowest BCUT2D eigenvalue weighted by atomic mass is 10.1. The van der Waals surface area contributed by atoms with Crippen molar-refractivity contribution in [2.24, 2.45) is 19.1 Å². The van der Waals surface area contributed by atoms with Gasteiger partial charge in [0.25, 0.3) is 0 Å². The van der Waals surface area contributed by atoms with E-state index in [4.69, 9.17) is 4.99 Å². The third kappa shape index (κ3) is 5.78. The Kier molecular flexibility index (Phi) is 9.47. The summed E-state index contributed by atoms with van der Waals surface area (Å²) in [5.41, 5.74) is 3.56. The molecule has 2 N–H and O–H groups in total. The number of aryl methyl sites for hydroxylation is 3. The molecule has 0 saturated heterocycles. The van der Waals surface area contributed by atoms with Gasteiger partial charge in [-0.05, 0) is 19.8 Å². The summed E-state index contributed by atoms with van der Waals surface area (Å²) in [6, 6.07) is 0. The standard InChI is InChI=1S/C18H30N8.HI/c1-7-10-19-18(21-12-17-23-22-13(4)25(17)5)20-11-14-15(8-2)24-26(6)16(14)9-3;/h7H,1,8-12H2,2-6H3,(H2,19,20,21);1H. The molecule has 27 heavy (non-hydrogen) atoms. The van der Waals surface area contributed by atoms with Crippen LogP contribution < -0.4 is 10.6 Å². The fraction of sp³-hybridized carbons (Fsp3) is 0.556. The van der Waals surface area contributed by atoms with Gasteiger partial charge in [0.05, 0.1) is 18.8 Å². The molecule has 2 rings (SSSR count). The Morgan fingerprint density at radius 1 is 1.19 bits per heavy atom. The molecule has 0 aromatic carbocycles.